The van der Waals surface area contributed by atoms with Crippen LogP contribution in [0.15, 0.2) is 59.5 Å². The quantitative estimate of drug-likeness (QED) is 0.798. The van der Waals surface area contributed by atoms with E-state index in [9.17, 15) is 8.42 Å². The van der Waals surface area contributed by atoms with Gasteiger partial charge in [0.25, 0.3) is 0 Å². The highest BCUT2D eigenvalue weighted by atomic mass is 32.2. The molecule has 2 aromatic rings. The summed E-state index contributed by atoms with van der Waals surface area (Å²) in [6, 6.07) is 16.6. The van der Waals surface area contributed by atoms with E-state index in [1.165, 1.54) is 0 Å². The maximum Gasteiger partial charge on any atom is 0.182 e. The Morgan fingerprint density at radius 1 is 0.958 bits per heavy atom. The third kappa shape index (κ3) is 4.16. The molecule has 0 bridgehead atoms. The average molecular weight is 346 g/mol. The van der Waals surface area contributed by atoms with Gasteiger partial charge in [0.15, 0.2) is 9.84 Å². The zero-order chi connectivity index (χ0) is 17.6. The highest BCUT2D eigenvalue weighted by molar-refractivity contribution is 7.92. The second-order valence-corrected chi connectivity index (χ2v) is 7.99. The van der Waals surface area contributed by atoms with Gasteiger partial charge in [-0.15, -0.1) is 0 Å². The van der Waals surface area contributed by atoms with E-state index in [0.717, 1.165) is 24.3 Å². The van der Waals surface area contributed by atoms with E-state index in [0.29, 0.717) is 11.3 Å². The number of hydrogen-bond donors (Lipinski definition) is 1. The summed E-state index contributed by atoms with van der Waals surface area (Å²) in [4.78, 5) is 2.59. The minimum Gasteiger partial charge on any atom is -0.372 e. The van der Waals surface area contributed by atoms with Gasteiger partial charge >= 0.3 is 0 Å². The predicted octanol–water partition coefficient (Wildman–Crippen LogP) is 2.88. The van der Waals surface area contributed by atoms with Crippen LogP contribution >= 0.6 is 0 Å². The van der Waals surface area contributed by atoms with Crippen LogP contribution in [-0.2, 0) is 16.3 Å². The number of sulfone groups is 1. The fraction of sp³-hybridized carbons (Fsp3) is 0.368. The molecule has 24 heavy (non-hydrogen) atoms. The van der Waals surface area contributed by atoms with Crippen molar-refractivity contribution in [2.45, 2.75) is 30.4 Å². The highest BCUT2D eigenvalue weighted by Gasteiger charge is 2.26. The van der Waals surface area contributed by atoms with Crippen molar-refractivity contribution in [3.8, 4) is 0 Å². The van der Waals surface area contributed by atoms with Crippen LogP contribution in [-0.4, -0.2) is 33.3 Å². The van der Waals surface area contributed by atoms with Crippen molar-refractivity contribution in [2.75, 3.05) is 24.5 Å². The van der Waals surface area contributed by atoms with Crippen molar-refractivity contribution in [1.29, 1.82) is 0 Å². The molecule has 0 saturated carbocycles. The van der Waals surface area contributed by atoms with Crippen molar-refractivity contribution >= 4 is 15.5 Å². The number of nitrogens with two attached hydrogens (primary N) is 1. The van der Waals surface area contributed by atoms with Crippen molar-refractivity contribution in [1.82, 2.24) is 0 Å². The minimum absolute atomic E-state index is 0.106. The molecule has 0 amide bonds. The summed E-state index contributed by atoms with van der Waals surface area (Å²) >= 11 is 0. The van der Waals surface area contributed by atoms with E-state index in [4.69, 9.17) is 5.73 Å². The summed E-state index contributed by atoms with van der Waals surface area (Å²) in [7, 11) is -3.42. The monoisotopic (exact) mass is 346 g/mol. The minimum atomic E-state index is -3.42. The normalized spacial score (nSPS) is 12.8. The molecule has 1 unspecified atom stereocenters. The summed E-state index contributed by atoms with van der Waals surface area (Å²) in [6.07, 6.45) is 0.423. The van der Waals surface area contributed by atoms with Crippen LogP contribution in [0.4, 0.5) is 5.69 Å². The lowest BCUT2D eigenvalue weighted by molar-refractivity contribution is 0.578. The Hall–Kier alpha value is -1.85. The molecule has 0 aromatic heterocycles. The summed E-state index contributed by atoms with van der Waals surface area (Å²) in [6.45, 7) is 6.24. The van der Waals surface area contributed by atoms with Crippen molar-refractivity contribution < 1.29 is 8.42 Å². The van der Waals surface area contributed by atoms with Crippen LogP contribution in [0.1, 0.15) is 19.4 Å². The van der Waals surface area contributed by atoms with Crippen LogP contribution in [0.3, 0.4) is 0 Å². The molecule has 2 aromatic carbocycles. The average Bonchev–Trinajstić information content (AvgIpc) is 2.62. The topological polar surface area (TPSA) is 63.4 Å². The molecular formula is C19H26N2O2S. The molecule has 0 spiro atoms. The van der Waals surface area contributed by atoms with Crippen LogP contribution in [0.5, 0.6) is 0 Å². The third-order valence-electron chi connectivity index (χ3n) is 4.30. The van der Waals surface area contributed by atoms with E-state index in [-0.39, 0.29) is 6.54 Å². The Morgan fingerprint density at radius 3 is 2.04 bits per heavy atom. The standard InChI is InChI=1S/C19H26N2O2S/c1-3-21(4-2)17-12-10-16(11-13-17)14-19(15-20)24(22,23)18-8-6-5-7-9-18/h5-13,19H,3-4,14-15,20H2,1-2H3. The Labute approximate surface area is 145 Å². The lowest BCUT2D eigenvalue weighted by Gasteiger charge is -2.21. The molecule has 4 nitrogen and oxygen atoms in total. The number of rotatable bonds is 8. The smallest absolute Gasteiger partial charge is 0.182 e. The lowest BCUT2D eigenvalue weighted by Crippen LogP contribution is -2.32. The first kappa shape index (κ1) is 18.5. The first-order chi connectivity index (χ1) is 11.5. The maximum absolute atomic E-state index is 12.7. The summed E-state index contributed by atoms with van der Waals surface area (Å²) in [5.41, 5.74) is 7.92. The van der Waals surface area contributed by atoms with Gasteiger partial charge in [-0.3, -0.25) is 0 Å². The van der Waals surface area contributed by atoms with E-state index in [1.54, 1.807) is 24.3 Å². The Kier molecular flexibility index (Phi) is 6.40. The highest BCUT2D eigenvalue weighted by Crippen LogP contribution is 2.21. The van der Waals surface area contributed by atoms with Crippen LogP contribution < -0.4 is 10.6 Å². The lowest BCUT2D eigenvalue weighted by atomic mass is 10.1. The number of hydrogen-bond acceptors (Lipinski definition) is 4. The van der Waals surface area contributed by atoms with Gasteiger partial charge in [-0.2, -0.15) is 0 Å². The molecule has 2 N–H and O–H groups in total. The molecular weight excluding hydrogens is 320 g/mol. The predicted molar refractivity (Wildman–Crippen MR) is 100 cm³/mol. The molecule has 0 aliphatic heterocycles. The fourth-order valence-electron chi connectivity index (χ4n) is 2.82. The van der Waals surface area contributed by atoms with Gasteiger partial charge < -0.3 is 10.6 Å². The van der Waals surface area contributed by atoms with Gasteiger partial charge in [-0.05, 0) is 50.1 Å². The largest absolute Gasteiger partial charge is 0.372 e. The zero-order valence-electron chi connectivity index (χ0n) is 14.4. The summed E-state index contributed by atoms with van der Waals surface area (Å²) in [5.74, 6) is 0. The molecule has 5 heteroatoms. The second kappa shape index (κ2) is 8.31. The molecule has 0 saturated heterocycles. The van der Waals surface area contributed by atoms with Gasteiger partial charge in [0.05, 0.1) is 10.1 Å². The van der Waals surface area contributed by atoms with Crippen molar-refractivity contribution in [3.05, 3.63) is 60.2 Å². The second-order valence-electron chi connectivity index (χ2n) is 5.76. The molecule has 2 rings (SSSR count). The maximum atomic E-state index is 12.7. The first-order valence-corrected chi connectivity index (χ1v) is 9.90. The Morgan fingerprint density at radius 2 is 1.54 bits per heavy atom. The zero-order valence-corrected chi connectivity index (χ0v) is 15.2. The van der Waals surface area contributed by atoms with Crippen molar-refractivity contribution in [3.63, 3.8) is 0 Å². The van der Waals surface area contributed by atoms with Crippen molar-refractivity contribution in [2.24, 2.45) is 5.73 Å². The van der Waals surface area contributed by atoms with Gasteiger partial charge in [0, 0.05) is 25.3 Å². The number of benzene rings is 2. The number of anilines is 1. The molecule has 0 heterocycles. The summed E-state index contributed by atoms with van der Waals surface area (Å²) < 4.78 is 25.5. The molecule has 1 atom stereocenters. The molecule has 0 radical (unpaired) electrons. The van der Waals surface area contributed by atoms with Gasteiger partial charge in [0.2, 0.25) is 0 Å². The fourth-order valence-corrected chi connectivity index (χ4v) is 4.40. The Balaban J connectivity index is 2.19. The number of nitrogens with zero attached hydrogens (tertiary/aromatic N) is 1. The SMILES string of the molecule is CCN(CC)c1ccc(CC(CN)S(=O)(=O)c2ccccc2)cc1. The Bertz CT molecular complexity index is 724. The molecule has 0 aliphatic carbocycles. The third-order valence-corrected chi connectivity index (χ3v) is 6.47. The van der Waals surface area contributed by atoms with Gasteiger partial charge in [0.1, 0.15) is 0 Å². The molecule has 0 fully saturated rings. The van der Waals surface area contributed by atoms with Gasteiger partial charge in [-0.1, -0.05) is 30.3 Å². The van der Waals surface area contributed by atoms with Crippen LogP contribution in [0.25, 0.3) is 0 Å². The van der Waals surface area contributed by atoms with Crippen LogP contribution in [0, 0.1) is 0 Å². The molecule has 0 aliphatic rings. The van der Waals surface area contributed by atoms with E-state index < -0.39 is 15.1 Å². The van der Waals surface area contributed by atoms with Gasteiger partial charge in [-0.25, -0.2) is 8.42 Å². The van der Waals surface area contributed by atoms with E-state index in [1.807, 2.05) is 30.3 Å². The van der Waals surface area contributed by atoms with Crippen LogP contribution in [0.2, 0.25) is 0 Å². The molecule has 130 valence electrons. The summed E-state index contributed by atoms with van der Waals surface area (Å²) in [5, 5.41) is -0.612. The van der Waals surface area contributed by atoms with E-state index in [2.05, 4.69) is 18.7 Å². The first-order valence-electron chi connectivity index (χ1n) is 8.35. The van der Waals surface area contributed by atoms with E-state index >= 15 is 0 Å².